The number of ether oxygens (including phenoxy) is 1. The maximum atomic E-state index is 14.3. The summed E-state index contributed by atoms with van der Waals surface area (Å²) in [6.07, 6.45) is 6.43. The summed E-state index contributed by atoms with van der Waals surface area (Å²) in [6.45, 7) is 2.75. The molecule has 0 radical (unpaired) electrons. The fourth-order valence-electron chi connectivity index (χ4n) is 4.49. The van der Waals surface area contributed by atoms with E-state index in [-0.39, 0.29) is 17.6 Å². The zero-order valence-corrected chi connectivity index (χ0v) is 17.4. The van der Waals surface area contributed by atoms with Crippen molar-refractivity contribution < 1.29 is 14.2 Å². The van der Waals surface area contributed by atoms with Crippen molar-refractivity contribution in [1.29, 1.82) is 0 Å². The molecule has 9 nitrogen and oxygen atoms in total. The van der Waals surface area contributed by atoms with Crippen LogP contribution in [0.1, 0.15) is 49.9 Å². The highest BCUT2D eigenvalue weighted by Crippen LogP contribution is 2.43. The summed E-state index contributed by atoms with van der Waals surface area (Å²) in [4.78, 5) is 9.03. The molecule has 162 valence electrons. The lowest BCUT2D eigenvalue weighted by molar-refractivity contribution is -0.00946. The number of anilines is 1. The summed E-state index contributed by atoms with van der Waals surface area (Å²) in [6, 6.07) is 2.84. The van der Waals surface area contributed by atoms with E-state index in [4.69, 9.17) is 15.5 Å². The smallest absolute Gasteiger partial charge is 0.223 e. The van der Waals surface area contributed by atoms with Crippen LogP contribution < -0.4 is 10.5 Å². The van der Waals surface area contributed by atoms with Gasteiger partial charge in [0.25, 0.3) is 0 Å². The van der Waals surface area contributed by atoms with E-state index < -0.39 is 11.4 Å². The molecule has 0 unspecified atom stereocenters. The number of fused-ring (bicyclic) bond motifs is 3. The van der Waals surface area contributed by atoms with Crippen molar-refractivity contribution in [3.8, 4) is 5.75 Å². The Hall–Kier alpha value is -3.27. The Morgan fingerprint density at radius 3 is 2.94 bits per heavy atom. The number of rotatable bonds is 4. The van der Waals surface area contributed by atoms with Crippen molar-refractivity contribution in [2.75, 3.05) is 12.8 Å². The average molecular weight is 425 g/mol. The molecule has 1 aromatic carbocycles. The van der Waals surface area contributed by atoms with Crippen molar-refractivity contribution in [2.24, 2.45) is 0 Å². The Balaban J connectivity index is 1.56. The quantitative estimate of drug-likeness (QED) is 0.516. The molecule has 0 saturated heterocycles. The van der Waals surface area contributed by atoms with Crippen LogP contribution in [0.4, 0.5) is 10.3 Å². The summed E-state index contributed by atoms with van der Waals surface area (Å²) >= 11 is 0. The SMILES string of the molecule is CCn1cc([C@@]2(O)CCC[C@H](c3nc4c5cc(F)c(OC)cc5nc(N)n4n3)C2)cn1. The van der Waals surface area contributed by atoms with Gasteiger partial charge in [0.2, 0.25) is 5.95 Å². The zero-order valence-electron chi connectivity index (χ0n) is 17.4. The van der Waals surface area contributed by atoms with E-state index >= 15 is 0 Å². The van der Waals surface area contributed by atoms with E-state index in [0.29, 0.717) is 35.2 Å². The van der Waals surface area contributed by atoms with Crippen LogP contribution in [0.15, 0.2) is 24.5 Å². The third-order valence-electron chi connectivity index (χ3n) is 6.17. The molecule has 1 aliphatic carbocycles. The van der Waals surface area contributed by atoms with Crippen LogP contribution in [-0.2, 0) is 12.1 Å². The molecule has 4 aromatic rings. The van der Waals surface area contributed by atoms with Crippen molar-refractivity contribution >= 4 is 22.5 Å². The predicted molar refractivity (Wildman–Crippen MR) is 112 cm³/mol. The predicted octanol–water partition coefficient (Wildman–Crippen LogP) is 2.77. The van der Waals surface area contributed by atoms with E-state index in [1.54, 1.807) is 10.9 Å². The maximum absolute atomic E-state index is 14.3. The number of methoxy groups -OCH3 is 1. The first-order valence-electron chi connectivity index (χ1n) is 10.4. The fourth-order valence-corrected chi connectivity index (χ4v) is 4.49. The molecule has 1 aliphatic rings. The van der Waals surface area contributed by atoms with E-state index in [1.807, 2.05) is 13.1 Å². The van der Waals surface area contributed by atoms with Crippen LogP contribution >= 0.6 is 0 Å². The van der Waals surface area contributed by atoms with Gasteiger partial charge in [0.1, 0.15) is 0 Å². The van der Waals surface area contributed by atoms with Gasteiger partial charge in [0.05, 0.1) is 24.4 Å². The number of nitrogens with zero attached hydrogens (tertiary/aromatic N) is 6. The van der Waals surface area contributed by atoms with Gasteiger partial charge in [-0.25, -0.2) is 14.4 Å². The van der Waals surface area contributed by atoms with Crippen LogP contribution in [0.25, 0.3) is 16.6 Å². The number of aryl methyl sites for hydroxylation is 1. The molecule has 2 atom stereocenters. The van der Waals surface area contributed by atoms with Crippen LogP contribution in [0.5, 0.6) is 5.75 Å². The van der Waals surface area contributed by atoms with Crippen molar-refractivity contribution in [1.82, 2.24) is 29.4 Å². The van der Waals surface area contributed by atoms with Crippen LogP contribution in [0.2, 0.25) is 0 Å². The van der Waals surface area contributed by atoms with Crippen LogP contribution in [0.3, 0.4) is 0 Å². The highest BCUT2D eigenvalue weighted by Gasteiger charge is 2.39. The van der Waals surface area contributed by atoms with E-state index in [0.717, 1.165) is 24.9 Å². The Kier molecular flexibility index (Phi) is 4.54. The molecular weight excluding hydrogens is 401 g/mol. The van der Waals surface area contributed by atoms with Gasteiger partial charge in [-0.2, -0.15) is 9.61 Å². The molecule has 10 heteroatoms. The number of nitrogens with two attached hydrogens (primary N) is 1. The topological polar surface area (TPSA) is 116 Å². The summed E-state index contributed by atoms with van der Waals surface area (Å²) in [7, 11) is 1.40. The number of nitrogen functional groups attached to an aromatic ring is 1. The number of hydrogen-bond acceptors (Lipinski definition) is 7. The molecule has 1 saturated carbocycles. The lowest BCUT2D eigenvalue weighted by Crippen LogP contribution is -2.32. The molecule has 5 rings (SSSR count). The number of benzene rings is 1. The second-order valence-corrected chi connectivity index (χ2v) is 8.09. The van der Waals surface area contributed by atoms with Crippen LogP contribution in [0, 0.1) is 5.82 Å². The lowest BCUT2D eigenvalue weighted by Gasteiger charge is -2.35. The van der Waals surface area contributed by atoms with Gasteiger partial charge in [-0.1, -0.05) is 0 Å². The largest absolute Gasteiger partial charge is 0.494 e. The van der Waals surface area contributed by atoms with Crippen molar-refractivity contribution in [2.45, 2.75) is 50.7 Å². The third-order valence-corrected chi connectivity index (χ3v) is 6.17. The number of hydrogen-bond donors (Lipinski definition) is 2. The summed E-state index contributed by atoms with van der Waals surface area (Å²) in [5.41, 5.74) is 6.85. The molecular formula is C21H24FN7O2. The van der Waals surface area contributed by atoms with Gasteiger partial charge in [0, 0.05) is 35.7 Å². The Morgan fingerprint density at radius 1 is 1.35 bits per heavy atom. The lowest BCUT2D eigenvalue weighted by atomic mass is 9.75. The van der Waals surface area contributed by atoms with Gasteiger partial charge in [-0.3, -0.25) is 4.68 Å². The molecule has 0 amide bonds. The number of aliphatic hydroxyl groups is 1. The van der Waals surface area contributed by atoms with Gasteiger partial charge >= 0.3 is 0 Å². The molecule has 0 spiro atoms. The fraction of sp³-hybridized carbons (Fsp3) is 0.429. The van der Waals surface area contributed by atoms with Crippen LogP contribution in [-0.4, -0.2) is 41.6 Å². The van der Waals surface area contributed by atoms with E-state index in [1.165, 1.54) is 23.8 Å². The molecule has 31 heavy (non-hydrogen) atoms. The van der Waals surface area contributed by atoms with Gasteiger partial charge < -0.3 is 15.6 Å². The molecule has 0 bridgehead atoms. The Bertz CT molecular complexity index is 1280. The highest BCUT2D eigenvalue weighted by molar-refractivity contribution is 5.93. The first-order chi connectivity index (χ1) is 14.9. The van der Waals surface area contributed by atoms with E-state index in [9.17, 15) is 9.50 Å². The average Bonchev–Trinajstić information content (AvgIpc) is 3.42. The number of aromatic nitrogens is 6. The second kappa shape index (κ2) is 7.16. The molecule has 0 aliphatic heterocycles. The van der Waals surface area contributed by atoms with Gasteiger partial charge in [-0.15, -0.1) is 5.10 Å². The maximum Gasteiger partial charge on any atom is 0.223 e. The minimum Gasteiger partial charge on any atom is -0.494 e. The molecule has 3 heterocycles. The normalized spacial score (nSPS) is 21.7. The standard InChI is InChI=1S/C21H24FN7O2/c1-3-28-11-13(10-24-28)21(30)6-4-5-12(9-21)18-26-19-14-7-15(22)17(31-2)8-16(14)25-20(23)29(19)27-18/h7-8,10-12,30H,3-6,9H2,1-2H3,(H2,23,25)/t12-,21+/m0/s1. The Labute approximate surface area is 177 Å². The Morgan fingerprint density at radius 2 is 2.19 bits per heavy atom. The molecule has 1 fully saturated rings. The summed E-state index contributed by atoms with van der Waals surface area (Å²) in [5.74, 6) is 0.242. The van der Waals surface area contributed by atoms with E-state index in [2.05, 4.69) is 15.2 Å². The highest BCUT2D eigenvalue weighted by atomic mass is 19.1. The summed E-state index contributed by atoms with van der Waals surface area (Å²) in [5, 5.41) is 20.7. The van der Waals surface area contributed by atoms with Crippen molar-refractivity contribution in [3.63, 3.8) is 0 Å². The summed E-state index contributed by atoms with van der Waals surface area (Å²) < 4.78 is 22.6. The minimum absolute atomic E-state index is 0.0684. The third kappa shape index (κ3) is 3.18. The van der Waals surface area contributed by atoms with Crippen molar-refractivity contribution in [3.05, 3.63) is 41.7 Å². The first kappa shape index (κ1) is 19.7. The molecule has 3 N–H and O–H groups in total. The number of halogens is 1. The zero-order chi connectivity index (χ0) is 21.8. The monoisotopic (exact) mass is 425 g/mol. The molecule has 3 aromatic heterocycles. The first-order valence-corrected chi connectivity index (χ1v) is 10.4. The van der Waals surface area contributed by atoms with Gasteiger partial charge in [0.15, 0.2) is 23.0 Å². The second-order valence-electron chi connectivity index (χ2n) is 8.09. The van der Waals surface area contributed by atoms with Gasteiger partial charge in [-0.05, 0) is 38.7 Å². The minimum atomic E-state index is -0.987.